The molecule has 1 rings (SSSR count). The van der Waals surface area contributed by atoms with E-state index < -0.39 is 5.91 Å². The maximum absolute atomic E-state index is 11.4. The lowest BCUT2D eigenvalue weighted by molar-refractivity contribution is 0.1000. The summed E-state index contributed by atoms with van der Waals surface area (Å²) in [5.41, 5.74) is 5.14. The van der Waals surface area contributed by atoms with Crippen molar-refractivity contribution in [1.29, 1.82) is 0 Å². The topological polar surface area (TPSA) is 65.1 Å². The monoisotopic (exact) mass is 194 g/mol. The molecule has 0 saturated heterocycles. The number of rotatable bonds is 4. The van der Waals surface area contributed by atoms with Crippen molar-refractivity contribution in [3.05, 3.63) is 34.2 Å². The molecule has 0 fully saturated rings. The molecular weight excluding hydrogens is 180 g/mol. The Morgan fingerprint density at radius 1 is 1.57 bits per heavy atom. The summed E-state index contributed by atoms with van der Waals surface area (Å²) in [6.45, 7) is 2.75. The number of unbranched alkanes of at least 4 members (excludes halogenated alkanes) is 1. The molecule has 14 heavy (non-hydrogen) atoms. The predicted molar refractivity (Wildman–Crippen MR) is 54.1 cm³/mol. The fraction of sp³-hybridized carbons (Fsp3) is 0.400. The molecule has 4 heteroatoms. The highest BCUT2D eigenvalue weighted by Gasteiger charge is 2.02. The van der Waals surface area contributed by atoms with Crippen LogP contribution in [0.4, 0.5) is 0 Å². The molecule has 0 radical (unpaired) electrons. The van der Waals surface area contributed by atoms with Gasteiger partial charge in [-0.1, -0.05) is 13.3 Å². The first-order valence-electron chi connectivity index (χ1n) is 4.65. The standard InChI is InChI=1S/C10H14N2O2/c1-2-3-5-12-6-4-8(10(11)14)7-9(12)13/h4,6-7H,2-3,5H2,1H3,(H2,11,14). The summed E-state index contributed by atoms with van der Waals surface area (Å²) in [5.74, 6) is -0.565. The third-order valence-corrected chi connectivity index (χ3v) is 2.03. The van der Waals surface area contributed by atoms with Crippen LogP contribution in [0.2, 0.25) is 0 Å². The third kappa shape index (κ3) is 2.45. The van der Waals surface area contributed by atoms with E-state index in [1.54, 1.807) is 16.8 Å². The molecule has 0 bridgehead atoms. The average Bonchev–Trinajstić information content (AvgIpc) is 2.15. The van der Waals surface area contributed by atoms with Gasteiger partial charge in [0.25, 0.3) is 5.56 Å². The summed E-state index contributed by atoms with van der Waals surface area (Å²) in [6.07, 6.45) is 3.60. The zero-order chi connectivity index (χ0) is 10.6. The van der Waals surface area contributed by atoms with Gasteiger partial charge >= 0.3 is 0 Å². The number of nitrogens with two attached hydrogens (primary N) is 1. The molecule has 0 saturated carbocycles. The Morgan fingerprint density at radius 3 is 2.79 bits per heavy atom. The molecule has 76 valence electrons. The highest BCUT2D eigenvalue weighted by Crippen LogP contribution is 1.95. The van der Waals surface area contributed by atoms with Crippen molar-refractivity contribution in [2.45, 2.75) is 26.3 Å². The van der Waals surface area contributed by atoms with Crippen molar-refractivity contribution >= 4 is 5.91 Å². The number of nitrogens with zero attached hydrogens (tertiary/aromatic N) is 1. The molecule has 1 heterocycles. The van der Waals surface area contributed by atoms with Gasteiger partial charge in [0.15, 0.2) is 0 Å². The Balaban J connectivity index is 2.90. The average molecular weight is 194 g/mol. The maximum Gasteiger partial charge on any atom is 0.251 e. The van der Waals surface area contributed by atoms with Crippen molar-refractivity contribution in [1.82, 2.24) is 4.57 Å². The fourth-order valence-electron chi connectivity index (χ4n) is 1.17. The summed E-state index contributed by atoms with van der Waals surface area (Å²) in [5, 5.41) is 0. The van der Waals surface area contributed by atoms with Crippen molar-refractivity contribution in [2.75, 3.05) is 0 Å². The fourth-order valence-corrected chi connectivity index (χ4v) is 1.17. The SMILES string of the molecule is CCCCn1ccc(C(N)=O)cc1=O. The lowest BCUT2D eigenvalue weighted by atomic mass is 10.2. The molecule has 0 aliphatic carbocycles. The number of pyridine rings is 1. The number of primary amides is 1. The molecule has 0 aromatic carbocycles. The number of carbonyl (C=O) groups is 1. The Hall–Kier alpha value is -1.58. The minimum atomic E-state index is -0.565. The smallest absolute Gasteiger partial charge is 0.251 e. The molecule has 4 nitrogen and oxygen atoms in total. The first-order chi connectivity index (χ1) is 6.65. The molecule has 0 spiro atoms. The van der Waals surface area contributed by atoms with Gasteiger partial charge in [-0.3, -0.25) is 9.59 Å². The lowest BCUT2D eigenvalue weighted by Gasteiger charge is -2.04. The largest absolute Gasteiger partial charge is 0.366 e. The molecule has 0 atom stereocenters. The maximum atomic E-state index is 11.4. The summed E-state index contributed by atoms with van der Waals surface area (Å²) in [4.78, 5) is 22.2. The molecule has 1 aromatic heterocycles. The van der Waals surface area contributed by atoms with Crippen LogP contribution < -0.4 is 11.3 Å². The molecule has 0 aliphatic rings. The van der Waals surface area contributed by atoms with E-state index in [0.717, 1.165) is 12.8 Å². The number of aromatic nitrogens is 1. The number of amides is 1. The van der Waals surface area contributed by atoms with Crippen LogP contribution in [0.25, 0.3) is 0 Å². The van der Waals surface area contributed by atoms with Gasteiger partial charge in [-0.25, -0.2) is 0 Å². The summed E-state index contributed by atoms with van der Waals surface area (Å²) in [7, 11) is 0. The first-order valence-corrected chi connectivity index (χ1v) is 4.65. The molecule has 1 aromatic rings. The van der Waals surface area contributed by atoms with Gasteiger partial charge in [0, 0.05) is 24.4 Å². The second kappa shape index (κ2) is 4.60. The van der Waals surface area contributed by atoms with E-state index in [1.807, 2.05) is 0 Å². The quantitative estimate of drug-likeness (QED) is 0.768. The van der Waals surface area contributed by atoms with Crippen LogP contribution >= 0.6 is 0 Å². The second-order valence-corrected chi connectivity index (χ2v) is 3.16. The van der Waals surface area contributed by atoms with Crippen LogP contribution in [0.1, 0.15) is 30.1 Å². The van der Waals surface area contributed by atoms with Crippen LogP contribution in [0.3, 0.4) is 0 Å². The van der Waals surface area contributed by atoms with Crippen LogP contribution in [0, 0.1) is 0 Å². The zero-order valence-electron chi connectivity index (χ0n) is 8.19. The minimum absolute atomic E-state index is 0.172. The molecular formula is C10H14N2O2. The van der Waals surface area contributed by atoms with Crippen molar-refractivity contribution in [3.8, 4) is 0 Å². The Bertz CT molecular complexity index is 382. The van der Waals surface area contributed by atoms with Gasteiger partial charge in [0.05, 0.1) is 0 Å². The molecule has 1 amide bonds. The highest BCUT2D eigenvalue weighted by molar-refractivity contribution is 5.92. The van der Waals surface area contributed by atoms with E-state index in [1.165, 1.54) is 6.07 Å². The van der Waals surface area contributed by atoms with E-state index in [2.05, 4.69) is 6.92 Å². The van der Waals surface area contributed by atoms with E-state index in [0.29, 0.717) is 6.54 Å². The van der Waals surface area contributed by atoms with Gasteiger partial charge in [0.1, 0.15) is 0 Å². The van der Waals surface area contributed by atoms with Gasteiger partial charge in [-0.15, -0.1) is 0 Å². The normalized spacial score (nSPS) is 10.1. The van der Waals surface area contributed by atoms with E-state index in [9.17, 15) is 9.59 Å². The van der Waals surface area contributed by atoms with Crippen molar-refractivity contribution in [2.24, 2.45) is 5.73 Å². The Morgan fingerprint density at radius 2 is 2.29 bits per heavy atom. The summed E-state index contributed by atoms with van der Waals surface area (Å²) in [6, 6.07) is 2.84. The van der Waals surface area contributed by atoms with Gasteiger partial charge in [0.2, 0.25) is 5.91 Å². The summed E-state index contributed by atoms with van der Waals surface area (Å²) < 4.78 is 1.58. The van der Waals surface area contributed by atoms with Crippen LogP contribution in [-0.2, 0) is 6.54 Å². The highest BCUT2D eigenvalue weighted by atomic mass is 16.1. The van der Waals surface area contributed by atoms with Crippen LogP contribution in [0.15, 0.2) is 23.1 Å². The number of carbonyl (C=O) groups excluding carboxylic acids is 1. The second-order valence-electron chi connectivity index (χ2n) is 3.16. The summed E-state index contributed by atoms with van der Waals surface area (Å²) >= 11 is 0. The first kappa shape index (κ1) is 10.5. The molecule has 0 aliphatic heterocycles. The van der Waals surface area contributed by atoms with Gasteiger partial charge in [-0.2, -0.15) is 0 Å². The van der Waals surface area contributed by atoms with E-state index in [4.69, 9.17) is 5.73 Å². The van der Waals surface area contributed by atoms with Gasteiger partial charge in [-0.05, 0) is 12.5 Å². The van der Waals surface area contributed by atoms with Crippen LogP contribution in [-0.4, -0.2) is 10.5 Å². The van der Waals surface area contributed by atoms with E-state index >= 15 is 0 Å². The van der Waals surface area contributed by atoms with Gasteiger partial charge < -0.3 is 10.3 Å². The van der Waals surface area contributed by atoms with Crippen molar-refractivity contribution < 1.29 is 4.79 Å². The Kier molecular flexibility index (Phi) is 3.45. The minimum Gasteiger partial charge on any atom is -0.366 e. The predicted octanol–water partition coefficient (Wildman–Crippen LogP) is 0.747. The zero-order valence-corrected chi connectivity index (χ0v) is 8.19. The number of hydrogen-bond donors (Lipinski definition) is 1. The third-order valence-electron chi connectivity index (χ3n) is 2.03. The number of hydrogen-bond acceptors (Lipinski definition) is 2. The van der Waals surface area contributed by atoms with Crippen LogP contribution in [0.5, 0.6) is 0 Å². The molecule has 0 unspecified atom stereocenters. The number of aryl methyl sites for hydroxylation is 1. The lowest BCUT2D eigenvalue weighted by Crippen LogP contribution is -2.22. The molecule has 2 N–H and O–H groups in total. The van der Waals surface area contributed by atoms with Crippen molar-refractivity contribution in [3.63, 3.8) is 0 Å². The Labute approximate surface area is 82.3 Å². The van der Waals surface area contributed by atoms with E-state index in [-0.39, 0.29) is 11.1 Å².